The van der Waals surface area contributed by atoms with Crippen molar-refractivity contribution in [2.75, 3.05) is 5.32 Å². The summed E-state index contributed by atoms with van der Waals surface area (Å²) >= 11 is 0. The lowest BCUT2D eigenvalue weighted by Crippen LogP contribution is -2.01. The molecule has 0 radical (unpaired) electrons. The molecule has 25 heavy (non-hydrogen) atoms. The Morgan fingerprint density at radius 1 is 1.24 bits per heavy atom. The van der Waals surface area contributed by atoms with E-state index in [1.165, 1.54) is 12.3 Å². The van der Waals surface area contributed by atoms with E-state index < -0.39 is 4.92 Å². The number of nitrogens with zero attached hydrogens (tertiary/aromatic N) is 4. The van der Waals surface area contributed by atoms with Crippen LogP contribution in [0.5, 0.6) is 0 Å². The van der Waals surface area contributed by atoms with E-state index in [2.05, 4.69) is 15.3 Å². The molecule has 0 saturated carbocycles. The molecule has 4 aromatic rings. The van der Waals surface area contributed by atoms with Gasteiger partial charge in [-0.2, -0.15) is 0 Å². The van der Waals surface area contributed by atoms with Crippen LogP contribution in [0.4, 0.5) is 11.4 Å². The summed E-state index contributed by atoms with van der Waals surface area (Å²) in [7, 11) is 0. The van der Waals surface area contributed by atoms with Gasteiger partial charge in [-0.05, 0) is 30.7 Å². The van der Waals surface area contributed by atoms with Crippen molar-refractivity contribution in [3.8, 4) is 0 Å². The molecule has 124 valence electrons. The highest BCUT2D eigenvalue weighted by Crippen LogP contribution is 2.30. The molecule has 0 saturated heterocycles. The first-order valence-corrected chi connectivity index (χ1v) is 7.81. The van der Waals surface area contributed by atoms with E-state index >= 15 is 0 Å². The summed E-state index contributed by atoms with van der Waals surface area (Å²) in [6.07, 6.45) is 7.09. The van der Waals surface area contributed by atoms with Crippen LogP contribution in [0.25, 0.3) is 16.4 Å². The number of aromatic nitrogens is 3. The molecule has 3 heterocycles. The fraction of sp³-hybridized carbons (Fsp3) is 0.111. The van der Waals surface area contributed by atoms with Crippen LogP contribution in [0.15, 0.2) is 55.1 Å². The molecule has 0 bridgehead atoms. The summed E-state index contributed by atoms with van der Waals surface area (Å²) in [6.45, 7) is 2.55. The molecular weight excluding hydrogens is 318 g/mol. The maximum atomic E-state index is 11.2. The Hall–Kier alpha value is -3.48. The normalized spacial score (nSPS) is 11.1. The summed E-state index contributed by atoms with van der Waals surface area (Å²) in [5.74, 6) is 0. The molecule has 1 aromatic carbocycles. The summed E-state index contributed by atoms with van der Waals surface area (Å²) in [5, 5.41) is 15.8. The van der Waals surface area contributed by atoms with Crippen molar-refractivity contribution in [3.63, 3.8) is 0 Å². The van der Waals surface area contributed by atoms with Crippen LogP contribution in [0, 0.1) is 17.0 Å². The monoisotopic (exact) mass is 333 g/mol. The van der Waals surface area contributed by atoms with Crippen molar-refractivity contribution >= 4 is 27.8 Å². The number of hydrogen-bond acceptors (Lipinski definition) is 5. The van der Waals surface area contributed by atoms with Crippen molar-refractivity contribution in [3.05, 3.63) is 76.5 Å². The van der Waals surface area contributed by atoms with Gasteiger partial charge < -0.3 is 9.72 Å². The number of imidazole rings is 1. The minimum absolute atomic E-state index is 0.0528. The smallest absolute Gasteiger partial charge is 0.278 e. The highest BCUT2D eigenvalue weighted by atomic mass is 16.6. The number of nitrogens with one attached hydrogen (secondary N) is 1. The zero-order chi connectivity index (χ0) is 17.4. The average molecular weight is 333 g/mol. The van der Waals surface area contributed by atoms with Gasteiger partial charge in [0.15, 0.2) is 0 Å². The first-order chi connectivity index (χ1) is 12.1. The van der Waals surface area contributed by atoms with Crippen molar-refractivity contribution < 1.29 is 4.92 Å². The standard InChI is InChI=1S/C18H15N5O2/c1-12-3-2-8-22-11-13(21-18(12)22)9-20-16-4-5-17(23(24)25)15-10-19-7-6-14(15)16/h2-8,10-11,20H,9H2,1H3. The number of nitro groups is 1. The van der Waals surface area contributed by atoms with Crippen molar-refractivity contribution in [1.82, 2.24) is 14.4 Å². The van der Waals surface area contributed by atoms with Crippen LogP contribution in [0.3, 0.4) is 0 Å². The number of non-ortho nitro benzene ring substituents is 1. The minimum atomic E-state index is -0.390. The van der Waals surface area contributed by atoms with Crippen LogP contribution in [-0.4, -0.2) is 19.3 Å². The molecule has 4 rings (SSSR count). The van der Waals surface area contributed by atoms with Gasteiger partial charge in [-0.3, -0.25) is 15.1 Å². The molecule has 0 aliphatic heterocycles. The van der Waals surface area contributed by atoms with Gasteiger partial charge in [0.1, 0.15) is 5.65 Å². The fourth-order valence-electron chi connectivity index (χ4n) is 2.96. The maximum Gasteiger partial charge on any atom is 0.278 e. The van der Waals surface area contributed by atoms with E-state index in [9.17, 15) is 10.1 Å². The van der Waals surface area contributed by atoms with Gasteiger partial charge in [0.05, 0.1) is 22.5 Å². The summed E-state index contributed by atoms with van der Waals surface area (Å²) in [4.78, 5) is 19.4. The topological polar surface area (TPSA) is 85.4 Å². The fourth-order valence-corrected chi connectivity index (χ4v) is 2.96. The first kappa shape index (κ1) is 15.1. The molecule has 3 aromatic heterocycles. The van der Waals surface area contributed by atoms with Crippen LogP contribution < -0.4 is 5.32 Å². The number of benzene rings is 1. The van der Waals surface area contributed by atoms with Gasteiger partial charge in [0.25, 0.3) is 5.69 Å². The van der Waals surface area contributed by atoms with Gasteiger partial charge in [0, 0.05) is 41.9 Å². The highest BCUT2D eigenvalue weighted by molar-refractivity contribution is 5.99. The molecule has 0 spiro atoms. The summed E-state index contributed by atoms with van der Waals surface area (Å²) in [6, 6.07) is 9.01. The molecular formula is C18H15N5O2. The van der Waals surface area contributed by atoms with Crippen LogP contribution in [0.2, 0.25) is 0 Å². The van der Waals surface area contributed by atoms with Gasteiger partial charge in [-0.1, -0.05) is 6.07 Å². The van der Waals surface area contributed by atoms with Crippen LogP contribution >= 0.6 is 0 Å². The largest absolute Gasteiger partial charge is 0.379 e. The number of pyridine rings is 2. The second kappa shape index (κ2) is 5.86. The lowest BCUT2D eigenvalue weighted by Gasteiger charge is -2.08. The van der Waals surface area contributed by atoms with E-state index in [1.807, 2.05) is 35.9 Å². The number of hydrogen-bond donors (Lipinski definition) is 1. The second-order valence-electron chi connectivity index (χ2n) is 5.82. The van der Waals surface area contributed by atoms with E-state index in [4.69, 9.17) is 0 Å². The molecule has 1 N–H and O–H groups in total. The Morgan fingerprint density at radius 3 is 2.92 bits per heavy atom. The number of rotatable bonds is 4. The zero-order valence-corrected chi connectivity index (χ0v) is 13.5. The molecule has 7 nitrogen and oxygen atoms in total. The minimum Gasteiger partial charge on any atom is -0.379 e. The first-order valence-electron chi connectivity index (χ1n) is 7.81. The summed E-state index contributed by atoms with van der Waals surface area (Å²) in [5.41, 5.74) is 3.81. The van der Waals surface area contributed by atoms with Crippen molar-refractivity contribution in [2.24, 2.45) is 0 Å². The number of anilines is 1. The van der Waals surface area contributed by atoms with Crippen LogP contribution in [0.1, 0.15) is 11.3 Å². The third-order valence-electron chi connectivity index (χ3n) is 4.18. The number of nitro benzene ring substituents is 1. The molecule has 7 heteroatoms. The molecule has 0 fully saturated rings. The van der Waals surface area contributed by atoms with E-state index in [0.717, 1.165) is 28.0 Å². The Bertz CT molecular complexity index is 1100. The van der Waals surface area contributed by atoms with Gasteiger partial charge in [-0.25, -0.2) is 4.98 Å². The van der Waals surface area contributed by atoms with Crippen LogP contribution in [-0.2, 0) is 6.54 Å². The Labute approximate surface area is 143 Å². The lowest BCUT2D eigenvalue weighted by molar-refractivity contribution is -0.383. The molecule has 0 aliphatic rings. The van der Waals surface area contributed by atoms with E-state index in [1.54, 1.807) is 18.3 Å². The summed E-state index contributed by atoms with van der Waals surface area (Å²) < 4.78 is 1.99. The van der Waals surface area contributed by atoms with Gasteiger partial charge in [0.2, 0.25) is 0 Å². The average Bonchev–Trinajstić information content (AvgIpc) is 3.04. The molecule has 0 unspecified atom stereocenters. The number of aryl methyl sites for hydroxylation is 1. The quantitative estimate of drug-likeness (QED) is 0.454. The Balaban J connectivity index is 1.67. The predicted molar refractivity (Wildman–Crippen MR) is 95.7 cm³/mol. The van der Waals surface area contributed by atoms with Gasteiger partial charge >= 0.3 is 0 Å². The number of fused-ring (bicyclic) bond motifs is 2. The predicted octanol–water partition coefficient (Wildman–Crippen LogP) is 3.71. The molecule has 0 amide bonds. The zero-order valence-electron chi connectivity index (χ0n) is 13.5. The second-order valence-corrected chi connectivity index (χ2v) is 5.82. The third-order valence-corrected chi connectivity index (χ3v) is 4.18. The lowest BCUT2D eigenvalue weighted by atomic mass is 10.1. The SMILES string of the molecule is Cc1cccn2cc(CNc3ccc([N+](=O)[O-])c4cnccc34)nc12. The Kier molecular flexibility index (Phi) is 3.53. The van der Waals surface area contributed by atoms with Gasteiger partial charge in [-0.15, -0.1) is 0 Å². The third kappa shape index (κ3) is 2.65. The highest BCUT2D eigenvalue weighted by Gasteiger charge is 2.14. The maximum absolute atomic E-state index is 11.2. The molecule has 0 aliphatic carbocycles. The molecule has 0 atom stereocenters. The van der Waals surface area contributed by atoms with Crippen molar-refractivity contribution in [1.29, 1.82) is 0 Å². The van der Waals surface area contributed by atoms with Crippen molar-refractivity contribution in [2.45, 2.75) is 13.5 Å². The van der Waals surface area contributed by atoms with E-state index in [0.29, 0.717) is 11.9 Å². The van der Waals surface area contributed by atoms with E-state index in [-0.39, 0.29) is 5.69 Å². The Morgan fingerprint density at radius 2 is 2.12 bits per heavy atom.